The Hall–Kier alpha value is -2.04. The van der Waals surface area contributed by atoms with Gasteiger partial charge in [-0.2, -0.15) is 4.31 Å². The van der Waals surface area contributed by atoms with Gasteiger partial charge in [0.25, 0.3) is 0 Å². The van der Waals surface area contributed by atoms with E-state index in [1.165, 1.54) is 22.5 Å². The number of carbonyl (C=O) groups excluding carboxylic acids is 2. The zero-order valence-corrected chi connectivity index (χ0v) is 15.4. The fraction of sp³-hybridized carbons (Fsp3) is 0.500. The Morgan fingerprint density at radius 2 is 1.88 bits per heavy atom. The molecule has 10 heteroatoms. The molecule has 0 radical (unpaired) electrons. The molecule has 3 amide bonds. The molecule has 2 N–H and O–H groups in total. The van der Waals surface area contributed by atoms with Gasteiger partial charge >= 0.3 is 6.03 Å². The highest BCUT2D eigenvalue weighted by atomic mass is 32.2. The Kier molecular flexibility index (Phi) is 7.06. The maximum atomic E-state index is 13.3. The molecule has 0 aromatic heterocycles. The van der Waals surface area contributed by atoms with E-state index in [-0.39, 0.29) is 24.5 Å². The highest BCUT2D eigenvalue weighted by Crippen LogP contribution is 2.18. The van der Waals surface area contributed by atoms with E-state index < -0.39 is 27.8 Å². The number of imide groups is 1. The molecule has 0 aliphatic carbocycles. The molecule has 2 rings (SSSR count). The number of nitrogens with one attached hydrogen (secondary N) is 2. The molecule has 1 aromatic rings. The van der Waals surface area contributed by atoms with Crippen LogP contribution in [0.15, 0.2) is 29.2 Å². The number of nitrogens with zero attached hydrogens (tertiary/aromatic N) is 2. The van der Waals surface area contributed by atoms with Gasteiger partial charge in [-0.15, -0.1) is 0 Å². The van der Waals surface area contributed by atoms with Gasteiger partial charge in [-0.05, 0) is 24.6 Å². The summed E-state index contributed by atoms with van der Waals surface area (Å²) in [5, 5.41) is 4.77. The lowest BCUT2D eigenvalue weighted by molar-refractivity contribution is -0.121. The van der Waals surface area contributed by atoms with Gasteiger partial charge in [0.2, 0.25) is 15.9 Å². The Morgan fingerprint density at radius 3 is 2.50 bits per heavy atom. The van der Waals surface area contributed by atoms with Gasteiger partial charge < -0.3 is 5.32 Å². The molecule has 0 spiro atoms. The summed E-state index contributed by atoms with van der Waals surface area (Å²) in [6.45, 7) is 3.46. The molecule has 0 bridgehead atoms. The summed E-state index contributed by atoms with van der Waals surface area (Å²) in [5.41, 5.74) is 0. The smallest absolute Gasteiger partial charge is 0.321 e. The summed E-state index contributed by atoms with van der Waals surface area (Å²) in [5.74, 6) is -1.05. The molecule has 0 saturated carbocycles. The van der Waals surface area contributed by atoms with E-state index in [1.54, 1.807) is 4.90 Å². The first-order chi connectivity index (χ1) is 12.3. The number of carbonyl (C=O) groups is 2. The molecular weight excluding hydrogens is 363 g/mol. The predicted octanol–water partition coefficient (Wildman–Crippen LogP) is 0.368. The van der Waals surface area contributed by atoms with Crippen molar-refractivity contribution in [2.45, 2.75) is 18.2 Å². The third-order valence-electron chi connectivity index (χ3n) is 3.92. The van der Waals surface area contributed by atoms with Crippen molar-refractivity contribution in [1.29, 1.82) is 0 Å². The van der Waals surface area contributed by atoms with Crippen LogP contribution in [0.4, 0.5) is 9.18 Å². The average molecular weight is 386 g/mol. The molecule has 1 aliphatic rings. The summed E-state index contributed by atoms with van der Waals surface area (Å²) in [6.07, 6.45) is 0.767. The SMILES string of the molecule is CCCNC(=O)NC(=O)CN1CCN(S(=O)(=O)c2cccc(F)c2)CC1. The maximum Gasteiger partial charge on any atom is 0.321 e. The highest BCUT2D eigenvalue weighted by molar-refractivity contribution is 7.89. The minimum atomic E-state index is -3.76. The van der Waals surface area contributed by atoms with Crippen molar-refractivity contribution >= 4 is 22.0 Å². The highest BCUT2D eigenvalue weighted by Gasteiger charge is 2.29. The fourth-order valence-corrected chi connectivity index (χ4v) is 4.01. The Morgan fingerprint density at radius 1 is 1.19 bits per heavy atom. The fourth-order valence-electron chi connectivity index (χ4n) is 2.56. The maximum absolute atomic E-state index is 13.3. The van der Waals surface area contributed by atoms with E-state index in [1.807, 2.05) is 6.92 Å². The molecule has 0 unspecified atom stereocenters. The molecule has 1 fully saturated rings. The van der Waals surface area contributed by atoms with Crippen LogP contribution in [0.1, 0.15) is 13.3 Å². The summed E-state index contributed by atoms with van der Waals surface area (Å²) in [4.78, 5) is 25.0. The molecule has 1 aromatic carbocycles. The van der Waals surface area contributed by atoms with Crippen molar-refractivity contribution in [3.05, 3.63) is 30.1 Å². The quantitative estimate of drug-likeness (QED) is 0.736. The molecule has 144 valence electrons. The molecule has 26 heavy (non-hydrogen) atoms. The summed E-state index contributed by atoms with van der Waals surface area (Å²) >= 11 is 0. The molecule has 8 nitrogen and oxygen atoms in total. The monoisotopic (exact) mass is 386 g/mol. The van der Waals surface area contributed by atoms with Gasteiger partial charge in [0, 0.05) is 32.7 Å². The van der Waals surface area contributed by atoms with Crippen LogP contribution in [0.25, 0.3) is 0 Å². The number of benzene rings is 1. The first kappa shape index (κ1) is 20.3. The second kappa shape index (κ2) is 9.06. The van der Waals surface area contributed by atoms with E-state index in [2.05, 4.69) is 10.6 Å². The Balaban J connectivity index is 1.85. The number of hydrogen-bond acceptors (Lipinski definition) is 5. The third-order valence-corrected chi connectivity index (χ3v) is 5.82. The Bertz CT molecular complexity index is 748. The number of hydrogen-bond donors (Lipinski definition) is 2. The van der Waals surface area contributed by atoms with Gasteiger partial charge in [-0.3, -0.25) is 15.0 Å². The molecule has 0 atom stereocenters. The van der Waals surface area contributed by atoms with Crippen molar-refractivity contribution in [2.24, 2.45) is 0 Å². The van der Waals surface area contributed by atoms with Crippen LogP contribution in [0.3, 0.4) is 0 Å². The van der Waals surface area contributed by atoms with Gasteiger partial charge in [-0.25, -0.2) is 17.6 Å². The zero-order valence-electron chi connectivity index (χ0n) is 14.6. The minimum Gasteiger partial charge on any atom is -0.338 e. The molecule has 1 saturated heterocycles. The lowest BCUT2D eigenvalue weighted by Crippen LogP contribution is -2.52. The van der Waals surface area contributed by atoms with Crippen molar-refractivity contribution in [3.8, 4) is 0 Å². The molecular formula is C16H23FN4O4S. The average Bonchev–Trinajstić information content (AvgIpc) is 2.60. The topological polar surface area (TPSA) is 98.8 Å². The second-order valence-electron chi connectivity index (χ2n) is 5.94. The van der Waals surface area contributed by atoms with Gasteiger partial charge in [0.05, 0.1) is 11.4 Å². The van der Waals surface area contributed by atoms with E-state index in [4.69, 9.17) is 0 Å². The van der Waals surface area contributed by atoms with E-state index in [0.29, 0.717) is 19.6 Å². The van der Waals surface area contributed by atoms with Gasteiger partial charge in [-0.1, -0.05) is 13.0 Å². The van der Waals surface area contributed by atoms with Gasteiger partial charge in [0.1, 0.15) is 5.82 Å². The number of urea groups is 1. The number of amides is 3. The van der Waals surface area contributed by atoms with Crippen molar-refractivity contribution in [2.75, 3.05) is 39.3 Å². The standard InChI is InChI=1S/C16H23FN4O4S/c1-2-6-18-16(23)19-15(22)12-20-7-9-21(10-8-20)26(24,25)14-5-3-4-13(17)11-14/h3-5,11H,2,6-10,12H2,1H3,(H2,18,19,22,23). The summed E-state index contributed by atoms with van der Waals surface area (Å²) in [7, 11) is -3.76. The van der Waals surface area contributed by atoms with Crippen LogP contribution in [0, 0.1) is 5.82 Å². The molecule has 1 heterocycles. The minimum absolute atomic E-state index is 0.00734. The largest absolute Gasteiger partial charge is 0.338 e. The van der Waals surface area contributed by atoms with Crippen LogP contribution in [-0.2, 0) is 14.8 Å². The predicted molar refractivity (Wildman–Crippen MR) is 93.4 cm³/mol. The summed E-state index contributed by atoms with van der Waals surface area (Å²) < 4.78 is 39.6. The lowest BCUT2D eigenvalue weighted by Gasteiger charge is -2.33. The lowest BCUT2D eigenvalue weighted by atomic mass is 10.3. The van der Waals surface area contributed by atoms with Crippen molar-refractivity contribution in [1.82, 2.24) is 19.8 Å². The normalized spacial score (nSPS) is 16.2. The van der Waals surface area contributed by atoms with E-state index >= 15 is 0 Å². The Labute approximate surface area is 152 Å². The van der Waals surface area contributed by atoms with E-state index in [0.717, 1.165) is 12.5 Å². The van der Waals surface area contributed by atoms with Crippen molar-refractivity contribution in [3.63, 3.8) is 0 Å². The first-order valence-corrected chi connectivity index (χ1v) is 9.82. The molecule has 1 aliphatic heterocycles. The van der Waals surface area contributed by atoms with Gasteiger partial charge in [0.15, 0.2) is 0 Å². The zero-order chi connectivity index (χ0) is 19.2. The number of piperazine rings is 1. The van der Waals surface area contributed by atoms with Crippen LogP contribution in [0.5, 0.6) is 0 Å². The van der Waals surface area contributed by atoms with Crippen LogP contribution in [0.2, 0.25) is 0 Å². The number of halogens is 1. The van der Waals surface area contributed by atoms with E-state index in [9.17, 15) is 22.4 Å². The summed E-state index contributed by atoms with van der Waals surface area (Å²) in [6, 6.07) is 4.35. The van der Waals surface area contributed by atoms with Crippen LogP contribution in [-0.4, -0.2) is 68.8 Å². The first-order valence-electron chi connectivity index (χ1n) is 8.38. The van der Waals surface area contributed by atoms with Crippen LogP contribution < -0.4 is 10.6 Å². The van der Waals surface area contributed by atoms with Crippen molar-refractivity contribution < 1.29 is 22.4 Å². The second-order valence-corrected chi connectivity index (χ2v) is 7.88. The van der Waals surface area contributed by atoms with Crippen LogP contribution >= 0.6 is 0 Å². The number of rotatable bonds is 6. The number of sulfonamides is 1. The third kappa shape index (κ3) is 5.48.